The average molecular weight is 494 g/mol. The Labute approximate surface area is 216 Å². The van der Waals surface area contributed by atoms with Crippen molar-refractivity contribution in [2.45, 2.75) is 6.54 Å². The lowest BCUT2D eigenvalue weighted by Crippen LogP contribution is -2.31. The Balaban J connectivity index is 1.82. The Hall–Kier alpha value is -4.83. The molecule has 1 heterocycles. The smallest absolute Gasteiger partial charge is 0.255 e. The summed E-state index contributed by atoms with van der Waals surface area (Å²) in [6.07, 6.45) is 1.70. The number of aromatic nitrogens is 1. The van der Waals surface area contributed by atoms with E-state index in [-0.39, 0.29) is 5.91 Å². The minimum atomic E-state index is -0.156. The van der Waals surface area contributed by atoms with Gasteiger partial charge in [0.15, 0.2) is 11.5 Å². The number of rotatable bonds is 9. The molecule has 0 aliphatic heterocycles. The fraction of sp³-hybridized carbons (Fsp3) is 0.167. The van der Waals surface area contributed by atoms with Crippen LogP contribution in [0.4, 0.5) is 0 Å². The van der Waals surface area contributed by atoms with Crippen LogP contribution in [0.5, 0.6) is 17.2 Å². The van der Waals surface area contributed by atoms with Gasteiger partial charge in [0.25, 0.3) is 5.91 Å². The van der Waals surface area contributed by atoms with Crippen molar-refractivity contribution < 1.29 is 19.0 Å². The first-order chi connectivity index (χ1) is 18.0. The molecule has 0 aliphatic carbocycles. The number of ether oxygens (including phenoxy) is 3. The molecule has 186 valence electrons. The molecular weight excluding hydrogens is 466 g/mol. The third kappa shape index (κ3) is 5.24. The van der Waals surface area contributed by atoms with E-state index < -0.39 is 0 Å². The summed E-state index contributed by atoms with van der Waals surface area (Å²) in [6, 6.07) is 22.3. The average Bonchev–Trinajstić information content (AvgIpc) is 2.95. The van der Waals surface area contributed by atoms with Gasteiger partial charge in [0, 0.05) is 24.0 Å². The summed E-state index contributed by atoms with van der Waals surface area (Å²) in [4.78, 5) is 20.5. The molecule has 0 aliphatic rings. The van der Waals surface area contributed by atoms with E-state index in [9.17, 15) is 4.79 Å². The van der Waals surface area contributed by atoms with Gasteiger partial charge in [0.1, 0.15) is 0 Å². The van der Waals surface area contributed by atoms with Crippen LogP contribution in [0.3, 0.4) is 0 Å². The molecule has 1 amide bonds. The molecule has 1 aromatic heterocycles. The maximum atomic E-state index is 13.9. The van der Waals surface area contributed by atoms with Gasteiger partial charge in [0.05, 0.1) is 49.7 Å². The molecule has 37 heavy (non-hydrogen) atoms. The van der Waals surface area contributed by atoms with E-state index in [2.05, 4.69) is 12.6 Å². The largest absolute Gasteiger partial charge is 0.493 e. The highest BCUT2D eigenvalue weighted by Gasteiger charge is 2.21. The predicted octanol–water partition coefficient (Wildman–Crippen LogP) is 5.63. The normalized spacial score (nSPS) is 10.4. The lowest BCUT2D eigenvalue weighted by Gasteiger charge is -2.23. The summed E-state index contributed by atoms with van der Waals surface area (Å²) < 4.78 is 16.5. The Morgan fingerprint density at radius 1 is 1.00 bits per heavy atom. The number of hydrogen-bond donors (Lipinski definition) is 0. The number of carbonyl (C=O) groups is 1. The minimum Gasteiger partial charge on any atom is -0.493 e. The molecule has 0 bridgehead atoms. The SMILES string of the molecule is C=CCN(Cc1ccc(C#N)cc1)C(=O)c1cc(-c2cc(OC)c(OC)c(OC)c2)nc2ccccc12. The van der Waals surface area contributed by atoms with Gasteiger partial charge in [-0.2, -0.15) is 5.26 Å². The molecule has 4 aromatic rings. The second-order valence-electron chi connectivity index (χ2n) is 8.27. The number of amides is 1. The highest BCUT2D eigenvalue weighted by Crippen LogP contribution is 2.41. The number of fused-ring (bicyclic) bond motifs is 1. The highest BCUT2D eigenvalue weighted by atomic mass is 16.5. The van der Waals surface area contributed by atoms with Gasteiger partial charge in [-0.1, -0.05) is 36.4 Å². The maximum absolute atomic E-state index is 13.9. The molecule has 3 aromatic carbocycles. The third-order valence-electron chi connectivity index (χ3n) is 6.00. The number of nitriles is 1. The first kappa shape index (κ1) is 25.3. The van der Waals surface area contributed by atoms with Gasteiger partial charge in [-0.3, -0.25) is 4.79 Å². The lowest BCUT2D eigenvalue weighted by molar-refractivity contribution is 0.0764. The molecule has 0 saturated carbocycles. The lowest BCUT2D eigenvalue weighted by atomic mass is 10.0. The zero-order valence-corrected chi connectivity index (χ0v) is 21.0. The van der Waals surface area contributed by atoms with Gasteiger partial charge < -0.3 is 19.1 Å². The van der Waals surface area contributed by atoms with E-state index in [0.29, 0.717) is 52.7 Å². The fourth-order valence-electron chi connectivity index (χ4n) is 4.18. The van der Waals surface area contributed by atoms with Crippen molar-refractivity contribution in [3.8, 4) is 34.6 Å². The van der Waals surface area contributed by atoms with Crippen molar-refractivity contribution in [3.05, 3.63) is 96.1 Å². The van der Waals surface area contributed by atoms with Crippen LogP contribution in [0.25, 0.3) is 22.2 Å². The van der Waals surface area contributed by atoms with Crippen LogP contribution in [0.2, 0.25) is 0 Å². The monoisotopic (exact) mass is 493 g/mol. The van der Waals surface area contributed by atoms with E-state index in [4.69, 9.17) is 24.5 Å². The van der Waals surface area contributed by atoms with Crippen molar-refractivity contribution in [2.24, 2.45) is 0 Å². The third-order valence-corrected chi connectivity index (χ3v) is 6.00. The van der Waals surface area contributed by atoms with Gasteiger partial charge in [0.2, 0.25) is 5.75 Å². The Morgan fingerprint density at radius 2 is 1.68 bits per heavy atom. The first-order valence-electron chi connectivity index (χ1n) is 11.6. The second-order valence-corrected chi connectivity index (χ2v) is 8.27. The Bertz CT molecular complexity index is 1460. The van der Waals surface area contributed by atoms with Crippen LogP contribution >= 0.6 is 0 Å². The second kappa shape index (κ2) is 11.3. The maximum Gasteiger partial charge on any atom is 0.255 e. The van der Waals surface area contributed by atoms with Crippen molar-refractivity contribution in [1.82, 2.24) is 9.88 Å². The molecule has 0 unspecified atom stereocenters. The number of carbonyl (C=O) groups excluding carboxylic acids is 1. The predicted molar refractivity (Wildman–Crippen MR) is 143 cm³/mol. The number of nitrogens with zero attached hydrogens (tertiary/aromatic N) is 3. The van der Waals surface area contributed by atoms with Crippen molar-refractivity contribution >= 4 is 16.8 Å². The number of para-hydroxylation sites is 1. The zero-order valence-electron chi connectivity index (χ0n) is 21.0. The van der Waals surface area contributed by atoms with Crippen LogP contribution in [0.1, 0.15) is 21.5 Å². The molecule has 0 atom stereocenters. The van der Waals surface area contributed by atoms with Crippen molar-refractivity contribution in [2.75, 3.05) is 27.9 Å². The van der Waals surface area contributed by atoms with Crippen LogP contribution in [0, 0.1) is 11.3 Å². The van der Waals surface area contributed by atoms with Crippen LogP contribution < -0.4 is 14.2 Å². The molecule has 7 nitrogen and oxygen atoms in total. The molecule has 0 fully saturated rings. The molecule has 7 heteroatoms. The molecular formula is C30H27N3O4. The van der Waals surface area contributed by atoms with Gasteiger partial charge in [-0.15, -0.1) is 6.58 Å². The van der Waals surface area contributed by atoms with E-state index in [0.717, 1.165) is 16.5 Å². The number of hydrogen-bond acceptors (Lipinski definition) is 6. The van der Waals surface area contributed by atoms with Crippen molar-refractivity contribution in [1.29, 1.82) is 5.26 Å². The van der Waals surface area contributed by atoms with E-state index in [1.807, 2.05) is 48.5 Å². The molecule has 0 saturated heterocycles. The fourth-order valence-corrected chi connectivity index (χ4v) is 4.18. The summed E-state index contributed by atoms with van der Waals surface area (Å²) >= 11 is 0. The number of benzene rings is 3. The quantitative estimate of drug-likeness (QED) is 0.281. The van der Waals surface area contributed by atoms with Gasteiger partial charge >= 0.3 is 0 Å². The summed E-state index contributed by atoms with van der Waals surface area (Å²) in [7, 11) is 4.66. The van der Waals surface area contributed by atoms with E-state index in [1.54, 1.807) is 50.5 Å². The molecule has 0 radical (unpaired) electrons. The van der Waals surface area contributed by atoms with Crippen LogP contribution in [-0.2, 0) is 6.54 Å². The molecule has 0 N–H and O–H groups in total. The van der Waals surface area contributed by atoms with Gasteiger partial charge in [-0.05, 0) is 42.0 Å². The standard InChI is InChI=1S/C30H27N3O4/c1-5-14-33(19-21-12-10-20(18-31)11-13-21)30(34)24-17-26(32-25-9-7-6-8-23(24)25)22-15-27(35-2)29(37-4)28(16-22)36-3/h5-13,15-17H,1,14,19H2,2-4H3. The summed E-state index contributed by atoms with van der Waals surface area (Å²) in [5.41, 5.74) is 4.01. The number of pyridine rings is 1. The van der Waals surface area contributed by atoms with Crippen LogP contribution in [-0.4, -0.2) is 43.7 Å². The molecule has 0 spiro atoms. The zero-order chi connectivity index (χ0) is 26.4. The van der Waals surface area contributed by atoms with E-state index in [1.165, 1.54) is 0 Å². The van der Waals surface area contributed by atoms with Gasteiger partial charge in [-0.25, -0.2) is 4.98 Å². The number of methoxy groups -OCH3 is 3. The topological polar surface area (TPSA) is 84.7 Å². The summed E-state index contributed by atoms with van der Waals surface area (Å²) in [6.45, 7) is 4.56. The molecule has 4 rings (SSSR count). The Morgan fingerprint density at radius 3 is 2.27 bits per heavy atom. The summed E-state index contributed by atoms with van der Waals surface area (Å²) in [5.74, 6) is 1.31. The Kier molecular flexibility index (Phi) is 7.70. The minimum absolute atomic E-state index is 0.156. The first-order valence-corrected chi connectivity index (χ1v) is 11.6. The highest BCUT2D eigenvalue weighted by molar-refractivity contribution is 6.07. The van der Waals surface area contributed by atoms with Crippen molar-refractivity contribution in [3.63, 3.8) is 0 Å². The van der Waals surface area contributed by atoms with E-state index >= 15 is 0 Å². The summed E-state index contributed by atoms with van der Waals surface area (Å²) in [5, 5.41) is 9.84. The van der Waals surface area contributed by atoms with Crippen LogP contribution in [0.15, 0.2) is 79.4 Å².